The summed E-state index contributed by atoms with van der Waals surface area (Å²) < 4.78 is 0.353. The molecule has 0 aliphatic carbocycles. The van der Waals surface area contributed by atoms with Gasteiger partial charge in [0.05, 0.1) is 11.3 Å². The van der Waals surface area contributed by atoms with Gasteiger partial charge in [0.25, 0.3) is 5.91 Å². The van der Waals surface area contributed by atoms with Crippen molar-refractivity contribution in [1.82, 2.24) is 10.6 Å². The zero-order valence-corrected chi connectivity index (χ0v) is 22.0. The zero-order chi connectivity index (χ0) is 21.1. The Morgan fingerprint density at radius 3 is 2.14 bits per heavy atom. The number of aryl methyl sites for hydroxylation is 1. The van der Waals surface area contributed by atoms with Crippen LogP contribution in [-0.4, -0.2) is 21.0 Å². The lowest BCUT2D eigenvalue weighted by atomic mass is 10.2. The third-order valence-corrected chi connectivity index (χ3v) is 6.24. The second-order valence-electron chi connectivity index (χ2n) is 5.63. The number of rotatable bonds is 4. The van der Waals surface area contributed by atoms with Gasteiger partial charge in [-0.3, -0.25) is 4.79 Å². The highest BCUT2D eigenvalue weighted by molar-refractivity contribution is 9.11. The molecule has 0 spiro atoms. The first-order chi connectivity index (χ1) is 13.0. The molecule has 3 N–H and O–H groups in total. The minimum atomic E-state index is -1.86. The van der Waals surface area contributed by atoms with Crippen LogP contribution in [0.2, 0.25) is 0 Å². The zero-order valence-electron chi connectivity index (χ0n) is 14.1. The predicted molar refractivity (Wildman–Crippen MR) is 132 cm³/mol. The Morgan fingerprint density at radius 2 is 1.61 bits per heavy atom. The lowest BCUT2D eigenvalue weighted by Crippen LogP contribution is -2.56. The van der Waals surface area contributed by atoms with E-state index in [4.69, 9.17) is 47.0 Å². The molecule has 0 fully saturated rings. The Kier molecular flexibility index (Phi) is 8.88. The van der Waals surface area contributed by atoms with Crippen LogP contribution in [0.5, 0.6) is 0 Å². The van der Waals surface area contributed by atoms with Crippen molar-refractivity contribution >= 4 is 112 Å². The molecule has 0 aliphatic rings. The molecule has 0 heterocycles. The van der Waals surface area contributed by atoms with Crippen molar-refractivity contribution < 1.29 is 4.79 Å². The van der Waals surface area contributed by atoms with Crippen LogP contribution in [0, 0.1) is 6.92 Å². The second kappa shape index (κ2) is 10.3. The lowest BCUT2D eigenvalue weighted by Gasteiger charge is -2.28. The number of carbonyl (C=O) groups is 1. The fourth-order valence-corrected chi connectivity index (χ4v) is 4.78. The normalized spacial score (nSPS) is 12.2. The fourth-order valence-electron chi connectivity index (χ4n) is 2.15. The third-order valence-electron chi connectivity index (χ3n) is 3.42. The smallest absolute Gasteiger partial charge is 0.254 e. The number of carbonyl (C=O) groups excluding carboxylic acids is 1. The van der Waals surface area contributed by atoms with Crippen molar-refractivity contribution in [3.63, 3.8) is 0 Å². The van der Waals surface area contributed by atoms with Gasteiger partial charge in [-0.05, 0) is 96.8 Å². The van der Waals surface area contributed by atoms with E-state index < -0.39 is 15.9 Å². The van der Waals surface area contributed by atoms with E-state index in [1.165, 1.54) is 0 Å². The Labute approximate surface area is 208 Å². The van der Waals surface area contributed by atoms with Crippen LogP contribution >= 0.6 is 94.8 Å². The van der Waals surface area contributed by atoms with Crippen molar-refractivity contribution in [3.05, 3.63) is 60.9 Å². The predicted octanol–water partition coefficient (Wildman–Crippen LogP) is 6.70. The van der Waals surface area contributed by atoms with Gasteiger partial charge < -0.3 is 16.0 Å². The molecule has 11 heteroatoms. The molecule has 28 heavy (non-hydrogen) atoms. The van der Waals surface area contributed by atoms with Crippen LogP contribution in [0.1, 0.15) is 15.9 Å². The van der Waals surface area contributed by atoms with Crippen molar-refractivity contribution in [2.75, 3.05) is 5.32 Å². The molecule has 0 unspecified atom stereocenters. The topological polar surface area (TPSA) is 53.2 Å². The van der Waals surface area contributed by atoms with Gasteiger partial charge >= 0.3 is 0 Å². The summed E-state index contributed by atoms with van der Waals surface area (Å²) in [5.41, 5.74) is 2.15. The molecule has 1 amide bonds. The summed E-state index contributed by atoms with van der Waals surface area (Å²) in [6.45, 7) is 1.96. The summed E-state index contributed by atoms with van der Waals surface area (Å²) in [4.78, 5) is 12.6. The maximum Gasteiger partial charge on any atom is 0.254 e. The van der Waals surface area contributed by atoms with Crippen LogP contribution in [0.3, 0.4) is 0 Å². The van der Waals surface area contributed by atoms with Crippen molar-refractivity contribution in [1.29, 1.82) is 0 Å². The number of halogens is 6. The standard InChI is InChI=1S/C17H13Br3Cl3N3OS/c1-8-6-11(19)13(12(20)7-8)24-16(28)26-15(17(21,22)23)25-14(27)9-4-2-3-5-10(9)18/h2-7,15H,1H3,(H,25,27)(H2,24,26,28)/t15-/m0/s1. The number of anilines is 1. The first kappa shape index (κ1) is 24.2. The summed E-state index contributed by atoms with van der Waals surface area (Å²) >= 11 is 33.7. The first-order valence-electron chi connectivity index (χ1n) is 7.64. The van der Waals surface area contributed by atoms with Gasteiger partial charge in [-0.25, -0.2) is 0 Å². The van der Waals surface area contributed by atoms with E-state index in [-0.39, 0.29) is 5.11 Å². The SMILES string of the molecule is Cc1cc(Br)c(NC(=S)N[C@H](NC(=O)c2ccccc2Br)C(Cl)(Cl)Cl)c(Br)c1. The van der Waals surface area contributed by atoms with Gasteiger partial charge in [-0.1, -0.05) is 46.9 Å². The Bertz CT molecular complexity index is 886. The highest BCUT2D eigenvalue weighted by Gasteiger charge is 2.35. The summed E-state index contributed by atoms with van der Waals surface area (Å²) in [6, 6.07) is 10.8. The largest absolute Gasteiger partial charge is 0.339 e. The minimum Gasteiger partial charge on any atom is -0.339 e. The van der Waals surface area contributed by atoms with Crippen molar-refractivity contribution in [2.24, 2.45) is 0 Å². The molecule has 150 valence electrons. The van der Waals surface area contributed by atoms with E-state index >= 15 is 0 Å². The Morgan fingerprint density at radius 1 is 1.04 bits per heavy atom. The quantitative estimate of drug-likeness (QED) is 0.196. The molecule has 4 nitrogen and oxygen atoms in total. The van der Waals surface area contributed by atoms with Crippen LogP contribution < -0.4 is 16.0 Å². The molecule has 0 saturated carbocycles. The summed E-state index contributed by atoms with van der Waals surface area (Å²) in [5, 5.41) is 8.66. The molecule has 1 atom stereocenters. The molecule has 0 radical (unpaired) electrons. The average molecular weight is 653 g/mol. The average Bonchev–Trinajstić information content (AvgIpc) is 2.57. The minimum absolute atomic E-state index is 0.161. The van der Waals surface area contributed by atoms with Crippen molar-refractivity contribution in [3.8, 4) is 0 Å². The lowest BCUT2D eigenvalue weighted by molar-refractivity contribution is 0.0934. The Balaban J connectivity index is 2.16. The molecule has 0 aliphatic heterocycles. The van der Waals surface area contributed by atoms with Gasteiger partial charge in [0, 0.05) is 13.4 Å². The van der Waals surface area contributed by atoms with E-state index in [2.05, 4.69) is 63.7 Å². The number of hydrogen-bond acceptors (Lipinski definition) is 2. The highest BCUT2D eigenvalue weighted by atomic mass is 79.9. The molecule has 2 aromatic rings. The number of benzene rings is 2. The highest BCUT2D eigenvalue weighted by Crippen LogP contribution is 2.33. The summed E-state index contributed by atoms with van der Waals surface area (Å²) in [6.07, 6.45) is -1.08. The van der Waals surface area contributed by atoms with E-state index in [1.54, 1.807) is 24.3 Å². The van der Waals surface area contributed by atoms with Crippen molar-refractivity contribution in [2.45, 2.75) is 16.9 Å². The van der Waals surface area contributed by atoms with E-state index in [1.807, 2.05) is 19.1 Å². The molecule has 2 aromatic carbocycles. The maximum absolute atomic E-state index is 12.6. The molecule has 0 saturated heterocycles. The fraction of sp³-hybridized carbons (Fsp3) is 0.176. The Hall–Kier alpha value is -0.0900. The van der Waals surface area contributed by atoms with Gasteiger partial charge in [0.1, 0.15) is 6.17 Å². The molecular formula is C17H13Br3Cl3N3OS. The van der Waals surface area contributed by atoms with Crippen LogP contribution in [0.4, 0.5) is 5.69 Å². The maximum atomic E-state index is 12.6. The molecule has 2 rings (SSSR count). The number of thiocarbonyl (C=S) groups is 1. The van der Waals surface area contributed by atoms with Crippen LogP contribution in [0.15, 0.2) is 49.8 Å². The summed E-state index contributed by atoms with van der Waals surface area (Å²) in [5.74, 6) is -0.434. The van der Waals surface area contributed by atoms with Gasteiger partial charge in [-0.15, -0.1) is 0 Å². The third kappa shape index (κ3) is 6.72. The number of nitrogens with one attached hydrogen (secondary N) is 3. The molecular weight excluding hydrogens is 640 g/mol. The molecule has 0 bridgehead atoms. The van der Waals surface area contributed by atoms with E-state index in [0.717, 1.165) is 14.5 Å². The number of amides is 1. The number of alkyl halides is 3. The number of hydrogen-bond donors (Lipinski definition) is 3. The van der Waals surface area contributed by atoms with Gasteiger partial charge in [-0.2, -0.15) is 0 Å². The summed E-state index contributed by atoms with van der Waals surface area (Å²) in [7, 11) is 0. The van der Waals surface area contributed by atoms with Gasteiger partial charge in [0.2, 0.25) is 3.79 Å². The van der Waals surface area contributed by atoms with E-state index in [0.29, 0.717) is 15.7 Å². The first-order valence-corrected chi connectivity index (χ1v) is 11.6. The van der Waals surface area contributed by atoms with Gasteiger partial charge in [0.15, 0.2) is 5.11 Å². The molecule has 0 aromatic heterocycles. The van der Waals surface area contributed by atoms with Crippen LogP contribution in [-0.2, 0) is 0 Å². The van der Waals surface area contributed by atoms with Crippen LogP contribution in [0.25, 0.3) is 0 Å². The second-order valence-corrected chi connectivity index (χ2v) is 11.0. The monoisotopic (exact) mass is 649 g/mol. The van der Waals surface area contributed by atoms with E-state index in [9.17, 15) is 4.79 Å².